The van der Waals surface area contributed by atoms with Crippen molar-refractivity contribution >= 4 is 34.1 Å². The van der Waals surface area contributed by atoms with E-state index in [1.165, 1.54) is 16.2 Å². The average molecular weight is 334 g/mol. The SMILES string of the molecule is CCc1c(C)sc(N2C(=O)[C@@H]3[C@@H](C2=O)[C@H]2CC[C@@H]3O2)c1C(N)=O. The second-order valence-electron chi connectivity index (χ2n) is 6.39. The standard InChI is InChI=1S/C16H18N2O4S/c1-3-7-6(2)23-16(10(7)13(17)19)18-14(20)11-8-4-5-9(22-8)12(11)15(18)21/h8-9,11-12H,3-5H2,1-2H3,(H2,17,19)/t8-,9+,11-,12-/m0/s1. The minimum atomic E-state index is -0.585. The molecule has 3 saturated heterocycles. The summed E-state index contributed by atoms with van der Waals surface area (Å²) in [6.45, 7) is 3.82. The van der Waals surface area contributed by atoms with E-state index in [0.717, 1.165) is 23.3 Å². The lowest BCUT2D eigenvalue weighted by Crippen LogP contribution is -2.35. The lowest BCUT2D eigenvalue weighted by atomic mass is 9.81. The van der Waals surface area contributed by atoms with E-state index < -0.39 is 17.7 Å². The molecule has 0 saturated carbocycles. The summed E-state index contributed by atoms with van der Waals surface area (Å²) >= 11 is 1.30. The molecule has 23 heavy (non-hydrogen) atoms. The van der Waals surface area contributed by atoms with Crippen LogP contribution < -0.4 is 10.6 Å². The van der Waals surface area contributed by atoms with Gasteiger partial charge in [-0.3, -0.25) is 14.4 Å². The molecule has 7 heteroatoms. The van der Waals surface area contributed by atoms with Crippen LogP contribution >= 0.6 is 11.3 Å². The van der Waals surface area contributed by atoms with Crippen molar-refractivity contribution in [1.82, 2.24) is 0 Å². The maximum atomic E-state index is 12.9. The van der Waals surface area contributed by atoms with Gasteiger partial charge in [-0.2, -0.15) is 0 Å². The monoisotopic (exact) mass is 334 g/mol. The van der Waals surface area contributed by atoms with Gasteiger partial charge < -0.3 is 10.5 Å². The number of rotatable bonds is 3. The molecule has 3 aliphatic heterocycles. The molecule has 6 nitrogen and oxygen atoms in total. The van der Waals surface area contributed by atoms with Crippen LogP contribution in [0.1, 0.15) is 40.6 Å². The Morgan fingerprint density at radius 3 is 2.30 bits per heavy atom. The van der Waals surface area contributed by atoms with Crippen LogP contribution in [0.25, 0.3) is 0 Å². The van der Waals surface area contributed by atoms with Gasteiger partial charge >= 0.3 is 0 Å². The van der Waals surface area contributed by atoms with Crippen molar-refractivity contribution in [3.63, 3.8) is 0 Å². The molecule has 0 aromatic carbocycles. The number of nitrogens with zero attached hydrogens (tertiary/aromatic N) is 1. The van der Waals surface area contributed by atoms with E-state index in [1.807, 2.05) is 13.8 Å². The average Bonchev–Trinajstić information content (AvgIpc) is 3.22. The Balaban J connectivity index is 1.82. The Kier molecular flexibility index (Phi) is 3.15. The first-order chi connectivity index (χ1) is 11.0. The quantitative estimate of drug-likeness (QED) is 0.846. The molecule has 4 heterocycles. The molecule has 1 aromatic heterocycles. The van der Waals surface area contributed by atoms with Gasteiger partial charge in [-0.1, -0.05) is 6.92 Å². The highest BCUT2D eigenvalue weighted by molar-refractivity contribution is 7.17. The molecule has 4 atom stereocenters. The molecule has 3 aliphatic rings. The molecule has 0 spiro atoms. The van der Waals surface area contributed by atoms with Crippen molar-refractivity contribution in [3.05, 3.63) is 16.0 Å². The van der Waals surface area contributed by atoms with Gasteiger partial charge in [0.05, 0.1) is 29.6 Å². The van der Waals surface area contributed by atoms with Gasteiger partial charge in [-0.05, 0) is 31.7 Å². The molecule has 3 fully saturated rings. The summed E-state index contributed by atoms with van der Waals surface area (Å²) in [6.07, 6.45) is 1.97. The van der Waals surface area contributed by atoms with E-state index in [1.54, 1.807) is 0 Å². The summed E-state index contributed by atoms with van der Waals surface area (Å²) in [4.78, 5) is 39.8. The van der Waals surface area contributed by atoms with Crippen molar-refractivity contribution in [2.45, 2.75) is 45.3 Å². The summed E-state index contributed by atoms with van der Waals surface area (Å²) in [7, 11) is 0. The highest BCUT2D eigenvalue weighted by atomic mass is 32.1. The Labute approximate surface area is 137 Å². The number of amides is 3. The van der Waals surface area contributed by atoms with E-state index in [0.29, 0.717) is 17.0 Å². The normalized spacial score (nSPS) is 32.0. The van der Waals surface area contributed by atoms with Crippen LogP contribution in [-0.4, -0.2) is 29.9 Å². The zero-order chi connectivity index (χ0) is 16.5. The van der Waals surface area contributed by atoms with Crippen molar-refractivity contribution in [2.75, 3.05) is 4.90 Å². The van der Waals surface area contributed by atoms with E-state index in [2.05, 4.69) is 0 Å². The molecule has 0 unspecified atom stereocenters. The molecular formula is C16H18N2O4S. The first-order valence-electron chi connectivity index (χ1n) is 7.91. The summed E-state index contributed by atoms with van der Waals surface area (Å²) < 4.78 is 5.74. The molecule has 3 amide bonds. The first kappa shape index (κ1) is 14.8. The van der Waals surface area contributed by atoms with Crippen LogP contribution in [0.15, 0.2) is 0 Å². The topological polar surface area (TPSA) is 89.7 Å². The second kappa shape index (κ2) is 4.88. The van der Waals surface area contributed by atoms with Gasteiger partial charge in [0.1, 0.15) is 5.00 Å². The second-order valence-corrected chi connectivity index (χ2v) is 7.59. The smallest absolute Gasteiger partial charge is 0.252 e. The predicted molar refractivity (Wildman–Crippen MR) is 84.3 cm³/mol. The molecule has 0 aliphatic carbocycles. The number of primary amides is 1. The Morgan fingerprint density at radius 1 is 1.26 bits per heavy atom. The number of carbonyl (C=O) groups is 3. The number of anilines is 1. The minimum absolute atomic E-state index is 0.157. The summed E-state index contributed by atoms with van der Waals surface area (Å²) in [6, 6.07) is 0. The number of nitrogens with two attached hydrogens (primary N) is 1. The highest BCUT2D eigenvalue weighted by Gasteiger charge is 2.63. The zero-order valence-corrected chi connectivity index (χ0v) is 13.8. The van der Waals surface area contributed by atoms with Crippen molar-refractivity contribution in [3.8, 4) is 0 Å². The number of fused-ring (bicyclic) bond motifs is 5. The maximum absolute atomic E-state index is 12.9. The third-order valence-electron chi connectivity index (χ3n) is 5.28. The lowest BCUT2D eigenvalue weighted by Gasteiger charge is -2.17. The fourth-order valence-corrected chi connectivity index (χ4v) is 5.57. The summed E-state index contributed by atoms with van der Waals surface area (Å²) in [5.41, 5.74) is 6.69. The summed E-state index contributed by atoms with van der Waals surface area (Å²) in [5, 5.41) is 0.399. The fraction of sp³-hybridized carbons (Fsp3) is 0.562. The molecule has 0 radical (unpaired) electrons. The number of ether oxygens (including phenoxy) is 1. The number of hydrogen-bond donors (Lipinski definition) is 1. The third-order valence-corrected chi connectivity index (χ3v) is 6.41. The number of thiophene rings is 1. The Bertz CT molecular complexity index is 713. The van der Waals surface area contributed by atoms with Crippen LogP contribution in [0.3, 0.4) is 0 Å². The summed E-state index contributed by atoms with van der Waals surface area (Å²) in [5.74, 6) is -1.85. The van der Waals surface area contributed by atoms with Gasteiger partial charge in [-0.25, -0.2) is 4.90 Å². The predicted octanol–water partition coefficient (Wildman–Crippen LogP) is 1.38. The van der Waals surface area contributed by atoms with E-state index in [9.17, 15) is 14.4 Å². The van der Waals surface area contributed by atoms with Crippen LogP contribution in [0.4, 0.5) is 5.00 Å². The molecule has 122 valence electrons. The van der Waals surface area contributed by atoms with E-state index >= 15 is 0 Å². The van der Waals surface area contributed by atoms with Crippen LogP contribution in [0.2, 0.25) is 0 Å². The van der Waals surface area contributed by atoms with E-state index in [-0.39, 0.29) is 24.0 Å². The lowest BCUT2D eigenvalue weighted by molar-refractivity contribution is -0.124. The largest absolute Gasteiger partial charge is 0.373 e. The molecular weight excluding hydrogens is 316 g/mol. The van der Waals surface area contributed by atoms with Crippen LogP contribution in [0, 0.1) is 18.8 Å². The van der Waals surface area contributed by atoms with E-state index in [4.69, 9.17) is 10.5 Å². The number of imide groups is 1. The zero-order valence-electron chi connectivity index (χ0n) is 13.0. The van der Waals surface area contributed by atoms with Gasteiger partial charge in [0.15, 0.2) is 0 Å². The first-order valence-corrected chi connectivity index (χ1v) is 8.72. The molecule has 2 bridgehead atoms. The van der Waals surface area contributed by atoms with Crippen molar-refractivity contribution in [1.29, 1.82) is 0 Å². The Hall–Kier alpha value is -1.73. The van der Waals surface area contributed by atoms with Gasteiger partial charge in [0.2, 0.25) is 11.8 Å². The number of hydrogen-bond acceptors (Lipinski definition) is 5. The van der Waals surface area contributed by atoms with Gasteiger partial charge in [-0.15, -0.1) is 11.3 Å². The molecule has 2 N–H and O–H groups in total. The number of aryl methyl sites for hydroxylation is 1. The highest BCUT2D eigenvalue weighted by Crippen LogP contribution is 2.51. The fourth-order valence-electron chi connectivity index (χ4n) is 4.31. The molecule has 1 aromatic rings. The van der Waals surface area contributed by atoms with Gasteiger partial charge in [0, 0.05) is 4.88 Å². The van der Waals surface area contributed by atoms with Crippen LogP contribution in [0.5, 0.6) is 0 Å². The van der Waals surface area contributed by atoms with Crippen molar-refractivity contribution < 1.29 is 19.1 Å². The third kappa shape index (κ3) is 1.80. The Morgan fingerprint density at radius 2 is 1.83 bits per heavy atom. The van der Waals surface area contributed by atoms with Gasteiger partial charge in [0.25, 0.3) is 5.91 Å². The van der Waals surface area contributed by atoms with Crippen LogP contribution in [-0.2, 0) is 20.7 Å². The van der Waals surface area contributed by atoms with Crippen molar-refractivity contribution in [2.24, 2.45) is 17.6 Å². The maximum Gasteiger partial charge on any atom is 0.252 e. The minimum Gasteiger partial charge on any atom is -0.373 e. The molecule has 4 rings (SSSR count). The number of carbonyl (C=O) groups excluding carboxylic acids is 3.